The Kier molecular flexibility index (Phi) is 3.74. The molecule has 0 saturated carbocycles. The highest BCUT2D eigenvalue weighted by Crippen LogP contribution is 2.19. The molecule has 0 spiro atoms. The molecule has 4 unspecified atom stereocenters. The van der Waals surface area contributed by atoms with Gasteiger partial charge in [-0.1, -0.05) is 15.9 Å². The standard InChI is InChI=1S/C9H16BrNO2/c1-5-4-8(7(3)13-5)11-9(12)6(2)10/h5-8H,4H2,1-3H3,(H,11,12). The van der Waals surface area contributed by atoms with E-state index in [0.717, 1.165) is 6.42 Å². The van der Waals surface area contributed by atoms with Crippen molar-refractivity contribution in [2.45, 2.75) is 50.3 Å². The number of amides is 1. The molecule has 0 aliphatic carbocycles. The molecule has 4 atom stereocenters. The minimum atomic E-state index is -0.129. The first kappa shape index (κ1) is 11.0. The molecular weight excluding hydrogens is 234 g/mol. The molecule has 4 heteroatoms. The van der Waals surface area contributed by atoms with Crippen molar-refractivity contribution >= 4 is 21.8 Å². The van der Waals surface area contributed by atoms with Crippen molar-refractivity contribution in [2.75, 3.05) is 0 Å². The van der Waals surface area contributed by atoms with Gasteiger partial charge in [-0.2, -0.15) is 0 Å². The largest absolute Gasteiger partial charge is 0.373 e. The zero-order chi connectivity index (χ0) is 10.0. The Labute approximate surface area is 87.3 Å². The zero-order valence-electron chi connectivity index (χ0n) is 8.21. The van der Waals surface area contributed by atoms with Crippen LogP contribution in [-0.4, -0.2) is 29.0 Å². The molecule has 0 aromatic rings. The van der Waals surface area contributed by atoms with E-state index >= 15 is 0 Å². The number of alkyl halides is 1. The predicted octanol–water partition coefficient (Wildman–Crippen LogP) is 1.45. The van der Waals surface area contributed by atoms with Crippen LogP contribution in [0, 0.1) is 0 Å². The van der Waals surface area contributed by atoms with Crippen LogP contribution in [0.1, 0.15) is 27.2 Å². The van der Waals surface area contributed by atoms with E-state index in [9.17, 15) is 4.79 Å². The first-order valence-electron chi connectivity index (χ1n) is 4.60. The molecule has 3 nitrogen and oxygen atoms in total. The van der Waals surface area contributed by atoms with Crippen molar-refractivity contribution in [3.8, 4) is 0 Å². The van der Waals surface area contributed by atoms with Gasteiger partial charge in [-0.3, -0.25) is 4.79 Å². The maximum absolute atomic E-state index is 11.3. The molecule has 0 radical (unpaired) electrons. The summed E-state index contributed by atoms with van der Waals surface area (Å²) in [4.78, 5) is 11.2. The summed E-state index contributed by atoms with van der Waals surface area (Å²) in [5, 5.41) is 2.95. The van der Waals surface area contributed by atoms with Crippen LogP contribution in [0.3, 0.4) is 0 Å². The number of halogens is 1. The third-order valence-electron chi connectivity index (χ3n) is 2.29. The van der Waals surface area contributed by atoms with Crippen LogP contribution in [0.25, 0.3) is 0 Å². The quantitative estimate of drug-likeness (QED) is 0.753. The third kappa shape index (κ3) is 2.95. The molecule has 13 heavy (non-hydrogen) atoms. The molecule has 0 aromatic carbocycles. The third-order valence-corrected chi connectivity index (χ3v) is 2.70. The van der Waals surface area contributed by atoms with Crippen LogP contribution >= 0.6 is 15.9 Å². The van der Waals surface area contributed by atoms with E-state index in [0.29, 0.717) is 0 Å². The second-order valence-electron chi connectivity index (χ2n) is 3.62. The van der Waals surface area contributed by atoms with Crippen molar-refractivity contribution in [1.29, 1.82) is 0 Å². The van der Waals surface area contributed by atoms with Crippen molar-refractivity contribution in [3.05, 3.63) is 0 Å². The van der Waals surface area contributed by atoms with E-state index in [1.54, 1.807) is 0 Å². The molecule has 1 amide bonds. The minimum absolute atomic E-state index is 0.0366. The summed E-state index contributed by atoms with van der Waals surface area (Å²) in [6.07, 6.45) is 1.29. The van der Waals surface area contributed by atoms with Crippen LogP contribution in [-0.2, 0) is 9.53 Å². The van der Waals surface area contributed by atoms with Crippen molar-refractivity contribution in [2.24, 2.45) is 0 Å². The fourth-order valence-corrected chi connectivity index (χ4v) is 1.67. The Morgan fingerprint density at radius 1 is 1.62 bits per heavy atom. The molecule has 1 aliphatic rings. The second-order valence-corrected chi connectivity index (χ2v) is 4.99. The molecule has 1 fully saturated rings. The molecule has 76 valence electrons. The SMILES string of the molecule is CC1CC(NC(=O)C(C)Br)C(C)O1. The van der Waals surface area contributed by atoms with Gasteiger partial charge in [0.15, 0.2) is 0 Å². The van der Waals surface area contributed by atoms with Gasteiger partial charge in [0.25, 0.3) is 0 Å². The average Bonchev–Trinajstić information content (AvgIpc) is 2.30. The highest BCUT2D eigenvalue weighted by Gasteiger charge is 2.31. The molecule has 1 saturated heterocycles. The van der Waals surface area contributed by atoms with Gasteiger partial charge in [0, 0.05) is 0 Å². The first-order chi connectivity index (χ1) is 6.00. The second kappa shape index (κ2) is 4.42. The summed E-state index contributed by atoms with van der Waals surface area (Å²) in [5.74, 6) is 0.0366. The van der Waals surface area contributed by atoms with Crippen LogP contribution in [0.15, 0.2) is 0 Å². The van der Waals surface area contributed by atoms with Crippen molar-refractivity contribution in [3.63, 3.8) is 0 Å². The summed E-state index contributed by atoms with van der Waals surface area (Å²) in [6, 6.07) is 0.169. The number of hydrogen-bond acceptors (Lipinski definition) is 2. The van der Waals surface area contributed by atoms with E-state index in [-0.39, 0.29) is 29.0 Å². The predicted molar refractivity (Wildman–Crippen MR) is 54.9 cm³/mol. The Balaban J connectivity index is 2.41. The topological polar surface area (TPSA) is 38.3 Å². The number of hydrogen-bond donors (Lipinski definition) is 1. The van der Waals surface area contributed by atoms with E-state index in [1.165, 1.54) is 0 Å². The monoisotopic (exact) mass is 249 g/mol. The van der Waals surface area contributed by atoms with Gasteiger partial charge >= 0.3 is 0 Å². The summed E-state index contributed by atoms with van der Waals surface area (Å²) in [5.41, 5.74) is 0. The van der Waals surface area contributed by atoms with Crippen LogP contribution < -0.4 is 5.32 Å². The highest BCUT2D eigenvalue weighted by molar-refractivity contribution is 9.10. The van der Waals surface area contributed by atoms with E-state index in [2.05, 4.69) is 21.2 Å². The summed E-state index contributed by atoms with van der Waals surface area (Å²) < 4.78 is 5.52. The van der Waals surface area contributed by atoms with Gasteiger partial charge in [0.1, 0.15) is 0 Å². The Hall–Kier alpha value is -0.0900. The molecule has 1 rings (SSSR count). The lowest BCUT2D eigenvalue weighted by atomic mass is 10.1. The lowest BCUT2D eigenvalue weighted by Crippen LogP contribution is -2.42. The average molecular weight is 250 g/mol. The van der Waals surface area contributed by atoms with Gasteiger partial charge in [-0.15, -0.1) is 0 Å². The van der Waals surface area contributed by atoms with Gasteiger partial charge < -0.3 is 10.1 Å². The summed E-state index contributed by atoms with van der Waals surface area (Å²) in [7, 11) is 0. The molecular formula is C9H16BrNO2. The minimum Gasteiger partial charge on any atom is -0.373 e. The lowest BCUT2D eigenvalue weighted by molar-refractivity contribution is -0.121. The first-order valence-corrected chi connectivity index (χ1v) is 5.52. The van der Waals surface area contributed by atoms with E-state index < -0.39 is 0 Å². The number of carbonyl (C=O) groups excluding carboxylic acids is 1. The molecule has 1 N–H and O–H groups in total. The van der Waals surface area contributed by atoms with Crippen LogP contribution in [0.5, 0.6) is 0 Å². The van der Waals surface area contributed by atoms with E-state index in [4.69, 9.17) is 4.74 Å². The fraction of sp³-hybridized carbons (Fsp3) is 0.889. The number of rotatable bonds is 2. The Bertz CT molecular complexity index is 196. The van der Waals surface area contributed by atoms with Gasteiger partial charge in [-0.05, 0) is 27.2 Å². The Morgan fingerprint density at radius 3 is 2.62 bits per heavy atom. The number of ether oxygens (including phenoxy) is 1. The van der Waals surface area contributed by atoms with Gasteiger partial charge in [0.2, 0.25) is 5.91 Å². The zero-order valence-corrected chi connectivity index (χ0v) is 9.80. The highest BCUT2D eigenvalue weighted by atomic mass is 79.9. The molecule has 1 heterocycles. The number of nitrogens with one attached hydrogen (secondary N) is 1. The van der Waals surface area contributed by atoms with E-state index in [1.807, 2.05) is 20.8 Å². The molecule has 0 bridgehead atoms. The Morgan fingerprint density at radius 2 is 2.23 bits per heavy atom. The van der Waals surface area contributed by atoms with Gasteiger partial charge in [-0.25, -0.2) is 0 Å². The van der Waals surface area contributed by atoms with Crippen LogP contribution in [0.4, 0.5) is 0 Å². The lowest BCUT2D eigenvalue weighted by Gasteiger charge is -2.16. The van der Waals surface area contributed by atoms with Crippen molar-refractivity contribution < 1.29 is 9.53 Å². The maximum Gasteiger partial charge on any atom is 0.233 e. The summed E-state index contributed by atoms with van der Waals surface area (Å²) in [6.45, 7) is 5.84. The molecule has 0 aromatic heterocycles. The van der Waals surface area contributed by atoms with Gasteiger partial charge in [0.05, 0.1) is 23.1 Å². The smallest absolute Gasteiger partial charge is 0.233 e. The van der Waals surface area contributed by atoms with Crippen molar-refractivity contribution in [1.82, 2.24) is 5.32 Å². The van der Waals surface area contributed by atoms with Crippen LogP contribution in [0.2, 0.25) is 0 Å². The maximum atomic E-state index is 11.3. The number of carbonyl (C=O) groups is 1. The fourth-order valence-electron chi connectivity index (χ4n) is 1.54. The molecule has 1 aliphatic heterocycles. The normalized spacial score (nSPS) is 35.8. The summed E-state index contributed by atoms with van der Waals surface area (Å²) >= 11 is 3.23.